The Kier molecular flexibility index (Phi) is 4.24. The van der Waals surface area contributed by atoms with Gasteiger partial charge in [-0.15, -0.1) is 0 Å². The van der Waals surface area contributed by atoms with Gasteiger partial charge in [0.1, 0.15) is 12.7 Å². The van der Waals surface area contributed by atoms with Gasteiger partial charge >= 0.3 is 5.97 Å². The standard InChI is InChI=1S/C17H10Cl2N2O2/c18-12-4-5-15(19)13(7-12)17(22)23-10-11-9-21-6-2-1-3-16(21)14(11)8-20/h1-7,9H,10H2. The highest BCUT2D eigenvalue weighted by Gasteiger charge is 2.15. The summed E-state index contributed by atoms with van der Waals surface area (Å²) >= 11 is 11.8. The molecule has 0 saturated carbocycles. The Balaban J connectivity index is 1.85. The zero-order chi connectivity index (χ0) is 16.4. The van der Waals surface area contributed by atoms with Crippen molar-refractivity contribution in [3.05, 3.63) is 75.5 Å². The van der Waals surface area contributed by atoms with Crippen LogP contribution in [0.15, 0.2) is 48.8 Å². The Morgan fingerprint density at radius 2 is 2.09 bits per heavy atom. The maximum Gasteiger partial charge on any atom is 0.340 e. The number of aromatic nitrogens is 1. The van der Waals surface area contributed by atoms with Crippen LogP contribution >= 0.6 is 23.2 Å². The van der Waals surface area contributed by atoms with Crippen LogP contribution in [0, 0.1) is 11.3 Å². The SMILES string of the molecule is N#Cc1c(COC(=O)c2cc(Cl)ccc2Cl)cn2ccccc12. The van der Waals surface area contributed by atoms with Crippen molar-refractivity contribution in [2.24, 2.45) is 0 Å². The van der Waals surface area contributed by atoms with Crippen molar-refractivity contribution in [3.63, 3.8) is 0 Å². The molecule has 4 nitrogen and oxygen atoms in total. The van der Waals surface area contributed by atoms with E-state index in [1.54, 1.807) is 12.3 Å². The molecular formula is C17H10Cl2N2O2. The lowest BCUT2D eigenvalue weighted by Gasteiger charge is -2.06. The lowest BCUT2D eigenvalue weighted by molar-refractivity contribution is 0.0473. The van der Waals surface area contributed by atoms with Crippen molar-refractivity contribution < 1.29 is 9.53 Å². The van der Waals surface area contributed by atoms with E-state index in [1.807, 2.05) is 28.8 Å². The van der Waals surface area contributed by atoms with Crippen molar-refractivity contribution in [2.75, 3.05) is 0 Å². The number of rotatable bonds is 3. The van der Waals surface area contributed by atoms with Crippen molar-refractivity contribution in [2.45, 2.75) is 6.61 Å². The maximum absolute atomic E-state index is 12.2. The van der Waals surface area contributed by atoms with Gasteiger partial charge in [-0.3, -0.25) is 0 Å². The third-order valence-corrected chi connectivity index (χ3v) is 3.95. The second-order valence-electron chi connectivity index (χ2n) is 4.83. The quantitative estimate of drug-likeness (QED) is 0.658. The number of carbonyl (C=O) groups is 1. The molecular weight excluding hydrogens is 335 g/mol. The van der Waals surface area contributed by atoms with Crippen LogP contribution in [-0.4, -0.2) is 10.4 Å². The van der Waals surface area contributed by atoms with E-state index in [2.05, 4.69) is 6.07 Å². The van der Waals surface area contributed by atoms with Gasteiger partial charge in [-0.1, -0.05) is 29.3 Å². The third kappa shape index (κ3) is 3.02. The van der Waals surface area contributed by atoms with Crippen LogP contribution < -0.4 is 0 Å². The largest absolute Gasteiger partial charge is 0.457 e. The van der Waals surface area contributed by atoms with Gasteiger partial charge in [-0.25, -0.2) is 4.79 Å². The molecule has 23 heavy (non-hydrogen) atoms. The monoisotopic (exact) mass is 344 g/mol. The molecule has 0 spiro atoms. The van der Waals surface area contributed by atoms with Gasteiger partial charge in [0, 0.05) is 23.0 Å². The molecule has 1 aromatic carbocycles. The molecule has 0 N–H and O–H groups in total. The van der Waals surface area contributed by atoms with E-state index in [1.165, 1.54) is 12.1 Å². The zero-order valence-corrected chi connectivity index (χ0v) is 13.3. The summed E-state index contributed by atoms with van der Waals surface area (Å²) < 4.78 is 7.09. The highest BCUT2D eigenvalue weighted by molar-refractivity contribution is 6.35. The molecule has 0 saturated heterocycles. The van der Waals surface area contributed by atoms with Crippen molar-refractivity contribution in [1.29, 1.82) is 5.26 Å². The second kappa shape index (κ2) is 6.33. The molecule has 0 aliphatic carbocycles. The predicted molar refractivity (Wildman–Crippen MR) is 87.7 cm³/mol. The van der Waals surface area contributed by atoms with E-state index in [-0.39, 0.29) is 17.2 Å². The van der Waals surface area contributed by atoms with Gasteiger partial charge in [0.15, 0.2) is 0 Å². The van der Waals surface area contributed by atoms with Crippen molar-refractivity contribution in [3.8, 4) is 6.07 Å². The van der Waals surface area contributed by atoms with E-state index < -0.39 is 5.97 Å². The number of carbonyl (C=O) groups excluding carboxylic acids is 1. The van der Waals surface area contributed by atoms with Gasteiger partial charge in [-0.05, 0) is 30.3 Å². The van der Waals surface area contributed by atoms with Gasteiger partial charge in [0.05, 0.1) is 21.7 Å². The number of ether oxygens (including phenoxy) is 1. The normalized spacial score (nSPS) is 10.5. The lowest BCUT2D eigenvalue weighted by Crippen LogP contribution is -2.06. The van der Waals surface area contributed by atoms with Crippen LogP contribution in [0.1, 0.15) is 21.5 Å². The fourth-order valence-corrected chi connectivity index (χ4v) is 2.66. The molecule has 2 aromatic heterocycles. The number of fused-ring (bicyclic) bond motifs is 1. The average molecular weight is 345 g/mol. The molecule has 6 heteroatoms. The summed E-state index contributed by atoms with van der Waals surface area (Å²) in [5.41, 5.74) is 2.07. The molecule has 114 valence electrons. The maximum atomic E-state index is 12.2. The summed E-state index contributed by atoms with van der Waals surface area (Å²) in [6, 6.07) is 12.3. The fraction of sp³-hybridized carbons (Fsp3) is 0.0588. The second-order valence-corrected chi connectivity index (χ2v) is 5.68. The number of hydrogen-bond acceptors (Lipinski definition) is 3. The highest BCUT2D eigenvalue weighted by atomic mass is 35.5. The van der Waals surface area contributed by atoms with E-state index in [4.69, 9.17) is 27.9 Å². The van der Waals surface area contributed by atoms with Crippen LogP contribution in [-0.2, 0) is 11.3 Å². The molecule has 0 fully saturated rings. The first kappa shape index (κ1) is 15.4. The molecule has 0 amide bonds. The van der Waals surface area contributed by atoms with Crippen LogP contribution in [0.2, 0.25) is 10.0 Å². The molecule has 0 bridgehead atoms. The van der Waals surface area contributed by atoms with Gasteiger partial charge in [-0.2, -0.15) is 5.26 Å². The van der Waals surface area contributed by atoms with Gasteiger partial charge in [0.2, 0.25) is 0 Å². The van der Waals surface area contributed by atoms with Gasteiger partial charge < -0.3 is 9.14 Å². The lowest BCUT2D eigenvalue weighted by atomic mass is 10.2. The minimum absolute atomic E-state index is 0.0216. The Bertz CT molecular complexity index is 941. The molecule has 3 rings (SSSR count). The topological polar surface area (TPSA) is 54.5 Å². The van der Waals surface area contributed by atoms with E-state index >= 15 is 0 Å². The first-order valence-electron chi connectivity index (χ1n) is 6.71. The summed E-state index contributed by atoms with van der Waals surface area (Å²) in [6.45, 7) is -0.0216. The Labute approximate surface area is 142 Å². The van der Waals surface area contributed by atoms with E-state index in [9.17, 15) is 10.1 Å². The molecule has 0 unspecified atom stereocenters. The Hall–Kier alpha value is -2.48. The predicted octanol–water partition coefficient (Wildman–Crippen LogP) is 4.47. The van der Waals surface area contributed by atoms with Crippen LogP contribution in [0.25, 0.3) is 5.52 Å². The van der Waals surface area contributed by atoms with Crippen LogP contribution in [0.5, 0.6) is 0 Å². The number of esters is 1. The minimum Gasteiger partial charge on any atom is -0.457 e. The number of hydrogen-bond donors (Lipinski definition) is 0. The van der Waals surface area contributed by atoms with Crippen molar-refractivity contribution >= 4 is 34.7 Å². The number of nitrogens with zero attached hydrogens (tertiary/aromatic N) is 2. The molecule has 3 aromatic rings. The molecule has 0 radical (unpaired) electrons. The summed E-state index contributed by atoms with van der Waals surface area (Å²) in [5.74, 6) is -0.586. The average Bonchev–Trinajstić information content (AvgIpc) is 2.92. The third-order valence-electron chi connectivity index (χ3n) is 3.38. The number of nitriles is 1. The number of benzene rings is 1. The van der Waals surface area contributed by atoms with Crippen molar-refractivity contribution in [1.82, 2.24) is 4.40 Å². The first-order chi connectivity index (χ1) is 11.1. The molecule has 0 aliphatic rings. The minimum atomic E-state index is -0.586. The highest BCUT2D eigenvalue weighted by Crippen LogP contribution is 2.23. The summed E-state index contributed by atoms with van der Waals surface area (Å²) in [6.07, 6.45) is 3.59. The van der Waals surface area contributed by atoms with Crippen LogP contribution in [0.3, 0.4) is 0 Å². The zero-order valence-electron chi connectivity index (χ0n) is 11.8. The first-order valence-corrected chi connectivity index (χ1v) is 7.46. The van der Waals surface area contributed by atoms with Gasteiger partial charge in [0.25, 0.3) is 0 Å². The molecule has 0 atom stereocenters. The Morgan fingerprint density at radius 3 is 2.87 bits per heavy atom. The van der Waals surface area contributed by atoms with Crippen LogP contribution in [0.4, 0.5) is 0 Å². The summed E-state index contributed by atoms with van der Waals surface area (Å²) in [4.78, 5) is 12.2. The molecule has 2 heterocycles. The number of pyridine rings is 1. The fourth-order valence-electron chi connectivity index (χ4n) is 2.29. The smallest absolute Gasteiger partial charge is 0.340 e. The Morgan fingerprint density at radius 1 is 1.26 bits per heavy atom. The van der Waals surface area contributed by atoms with E-state index in [0.717, 1.165) is 5.52 Å². The van der Waals surface area contributed by atoms with E-state index in [0.29, 0.717) is 16.1 Å². The molecule has 0 aliphatic heterocycles. The summed E-state index contributed by atoms with van der Waals surface area (Å²) in [5, 5.41) is 9.99. The summed E-state index contributed by atoms with van der Waals surface area (Å²) in [7, 11) is 0. The number of halogens is 2.